The Bertz CT molecular complexity index is 831. The number of para-hydroxylation sites is 1. The van der Waals surface area contributed by atoms with Crippen LogP contribution in [0, 0.1) is 0 Å². The summed E-state index contributed by atoms with van der Waals surface area (Å²) in [6.45, 7) is 2.20. The molecular formula is C20H19NO2. The fourth-order valence-electron chi connectivity index (χ4n) is 2.64. The highest BCUT2D eigenvalue weighted by molar-refractivity contribution is 5.95. The van der Waals surface area contributed by atoms with Crippen LogP contribution in [0.4, 0.5) is 0 Å². The number of H-pyrrole nitrogens is 1. The van der Waals surface area contributed by atoms with Crippen LogP contribution in [0.1, 0.15) is 18.1 Å². The van der Waals surface area contributed by atoms with E-state index in [4.69, 9.17) is 4.74 Å². The van der Waals surface area contributed by atoms with Crippen LogP contribution in [-0.4, -0.2) is 17.6 Å². The number of ether oxygens (including phenoxy) is 1. The molecule has 1 N–H and O–H groups in total. The zero-order valence-corrected chi connectivity index (χ0v) is 13.1. The van der Waals surface area contributed by atoms with Crippen LogP contribution >= 0.6 is 0 Å². The van der Waals surface area contributed by atoms with Crippen LogP contribution in [0.5, 0.6) is 0 Å². The predicted molar refractivity (Wildman–Crippen MR) is 93.1 cm³/mol. The maximum absolute atomic E-state index is 12.3. The van der Waals surface area contributed by atoms with Crippen molar-refractivity contribution in [3.05, 3.63) is 77.5 Å². The van der Waals surface area contributed by atoms with Crippen LogP contribution < -0.4 is 0 Å². The first-order chi connectivity index (χ1) is 11.3. The summed E-state index contributed by atoms with van der Waals surface area (Å²) in [7, 11) is 0. The Morgan fingerprint density at radius 2 is 1.83 bits per heavy atom. The van der Waals surface area contributed by atoms with E-state index in [-0.39, 0.29) is 5.97 Å². The Labute approximate surface area is 135 Å². The molecule has 3 heteroatoms. The molecule has 0 aliphatic heterocycles. The molecule has 23 heavy (non-hydrogen) atoms. The van der Waals surface area contributed by atoms with Crippen molar-refractivity contribution in [2.75, 3.05) is 6.61 Å². The van der Waals surface area contributed by atoms with Crippen LogP contribution in [-0.2, 0) is 16.0 Å². The van der Waals surface area contributed by atoms with E-state index >= 15 is 0 Å². The number of benzene rings is 2. The third kappa shape index (κ3) is 3.51. The van der Waals surface area contributed by atoms with Crippen LogP contribution in [0.25, 0.3) is 17.0 Å². The largest absolute Gasteiger partial charge is 0.463 e. The summed E-state index contributed by atoms with van der Waals surface area (Å²) in [5.74, 6) is -0.262. The fourth-order valence-corrected chi connectivity index (χ4v) is 2.64. The summed E-state index contributed by atoms with van der Waals surface area (Å²) in [6.07, 6.45) is 4.40. The van der Waals surface area contributed by atoms with Crippen LogP contribution in [0.2, 0.25) is 0 Å². The topological polar surface area (TPSA) is 42.1 Å². The number of hydrogen-bond acceptors (Lipinski definition) is 2. The van der Waals surface area contributed by atoms with Crippen molar-refractivity contribution in [3.8, 4) is 0 Å². The molecular weight excluding hydrogens is 286 g/mol. The number of fused-ring (bicyclic) bond motifs is 1. The Morgan fingerprint density at radius 1 is 1.09 bits per heavy atom. The van der Waals surface area contributed by atoms with Crippen molar-refractivity contribution >= 4 is 22.9 Å². The quantitative estimate of drug-likeness (QED) is 0.562. The monoisotopic (exact) mass is 305 g/mol. The molecule has 0 saturated carbocycles. The highest BCUT2D eigenvalue weighted by Crippen LogP contribution is 2.22. The number of nitrogens with one attached hydrogen (secondary N) is 1. The van der Waals surface area contributed by atoms with Crippen molar-refractivity contribution in [2.45, 2.75) is 13.3 Å². The molecule has 0 fully saturated rings. The SMILES string of the molecule is CCOC(=O)/C(=C/c1ccccc1)Cc1c[nH]c2ccccc12. The van der Waals surface area contributed by atoms with Gasteiger partial charge in [-0.3, -0.25) is 0 Å². The third-order valence-electron chi connectivity index (χ3n) is 3.73. The maximum Gasteiger partial charge on any atom is 0.334 e. The van der Waals surface area contributed by atoms with Gasteiger partial charge in [-0.25, -0.2) is 4.79 Å². The van der Waals surface area contributed by atoms with Gasteiger partial charge in [0.05, 0.1) is 6.61 Å². The molecule has 0 radical (unpaired) electrons. The Kier molecular flexibility index (Phi) is 4.57. The van der Waals surface area contributed by atoms with E-state index in [1.807, 2.05) is 67.7 Å². The molecule has 3 nitrogen and oxygen atoms in total. The van der Waals surface area contributed by atoms with E-state index in [2.05, 4.69) is 11.1 Å². The maximum atomic E-state index is 12.3. The van der Waals surface area contributed by atoms with Crippen molar-refractivity contribution in [1.82, 2.24) is 4.98 Å². The molecule has 0 bridgehead atoms. The second-order valence-electron chi connectivity index (χ2n) is 5.34. The van der Waals surface area contributed by atoms with E-state index < -0.39 is 0 Å². The highest BCUT2D eigenvalue weighted by atomic mass is 16.5. The second kappa shape index (κ2) is 6.97. The zero-order chi connectivity index (χ0) is 16.1. The fraction of sp³-hybridized carbons (Fsp3) is 0.150. The van der Waals surface area contributed by atoms with Gasteiger partial charge in [0.1, 0.15) is 0 Å². The van der Waals surface area contributed by atoms with Crippen LogP contribution in [0.15, 0.2) is 66.4 Å². The molecule has 0 atom stereocenters. The number of esters is 1. The molecule has 3 rings (SSSR count). The minimum Gasteiger partial charge on any atom is -0.463 e. The van der Waals surface area contributed by atoms with Gasteiger partial charge in [-0.1, -0.05) is 48.5 Å². The summed E-state index contributed by atoms with van der Waals surface area (Å²) < 4.78 is 5.22. The van der Waals surface area contributed by atoms with Gasteiger partial charge in [-0.2, -0.15) is 0 Å². The standard InChI is InChI=1S/C20H19NO2/c1-2-23-20(22)16(12-15-8-4-3-5-9-15)13-17-14-21-19-11-7-6-10-18(17)19/h3-12,14,21H,2,13H2,1H3/b16-12+. The molecule has 1 aromatic heterocycles. The van der Waals surface area contributed by atoms with Crippen LogP contribution in [0.3, 0.4) is 0 Å². The van der Waals surface area contributed by atoms with E-state index in [1.165, 1.54) is 0 Å². The molecule has 0 aliphatic rings. The number of rotatable bonds is 5. The lowest BCUT2D eigenvalue weighted by atomic mass is 10.0. The van der Waals surface area contributed by atoms with Gasteiger partial charge in [0, 0.05) is 29.1 Å². The highest BCUT2D eigenvalue weighted by Gasteiger charge is 2.14. The summed E-state index contributed by atoms with van der Waals surface area (Å²) >= 11 is 0. The number of hydrogen-bond donors (Lipinski definition) is 1. The summed E-state index contributed by atoms with van der Waals surface area (Å²) in [6, 6.07) is 17.9. The molecule has 0 aliphatic carbocycles. The first-order valence-electron chi connectivity index (χ1n) is 7.75. The number of aromatic nitrogens is 1. The molecule has 3 aromatic rings. The predicted octanol–water partition coefficient (Wildman–Crippen LogP) is 4.36. The van der Waals surface area contributed by atoms with Crippen molar-refractivity contribution in [2.24, 2.45) is 0 Å². The van der Waals surface area contributed by atoms with Gasteiger partial charge < -0.3 is 9.72 Å². The Morgan fingerprint density at radius 3 is 2.61 bits per heavy atom. The lowest BCUT2D eigenvalue weighted by Crippen LogP contribution is -2.09. The van der Waals surface area contributed by atoms with Gasteiger partial charge in [0.2, 0.25) is 0 Å². The van der Waals surface area contributed by atoms with E-state index in [0.717, 1.165) is 22.0 Å². The normalized spacial score (nSPS) is 11.6. The minimum absolute atomic E-state index is 0.262. The Balaban J connectivity index is 1.95. The van der Waals surface area contributed by atoms with Gasteiger partial charge in [-0.05, 0) is 30.2 Å². The van der Waals surface area contributed by atoms with Gasteiger partial charge >= 0.3 is 5.97 Å². The number of carbonyl (C=O) groups excluding carboxylic acids is 1. The average Bonchev–Trinajstić information content (AvgIpc) is 2.99. The molecule has 1 heterocycles. The van der Waals surface area contributed by atoms with Gasteiger partial charge in [-0.15, -0.1) is 0 Å². The molecule has 116 valence electrons. The van der Waals surface area contributed by atoms with Crippen molar-refractivity contribution in [1.29, 1.82) is 0 Å². The number of aromatic amines is 1. The number of carbonyl (C=O) groups is 1. The molecule has 0 amide bonds. The lowest BCUT2D eigenvalue weighted by Gasteiger charge is -2.07. The van der Waals surface area contributed by atoms with Gasteiger partial charge in [0.25, 0.3) is 0 Å². The lowest BCUT2D eigenvalue weighted by molar-refractivity contribution is -0.138. The minimum atomic E-state index is -0.262. The van der Waals surface area contributed by atoms with E-state index in [0.29, 0.717) is 18.6 Å². The first kappa shape index (κ1) is 15.1. The smallest absolute Gasteiger partial charge is 0.334 e. The molecule has 2 aromatic carbocycles. The van der Waals surface area contributed by atoms with E-state index in [9.17, 15) is 4.79 Å². The summed E-state index contributed by atoms with van der Waals surface area (Å²) in [5.41, 5.74) is 3.82. The molecule has 0 spiro atoms. The average molecular weight is 305 g/mol. The Hall–Kier alpha value is -2.81. The summed E-state index contributed by atoms with van der Waals surface area (Å²) in [4.78, 5) is 15.6. The van der Waals surface area contributed by atoms with Crippen molar-refractivity contribution < 1.29 is 9.53 Å². The molecule has 0 saturated heterocycles. The van der Waals surface area contributed by atoms with Gasteiger partial charge in [0.15, 0.2) is 0 Å². The molecule has 0 unspecified atom stereocenters. The van der Waals surface area contributed by atoms with E-state index in [1.54, 1.807) is 0 Å². The first-order valence-corrected chi connectivity index (χ1v) is 7.75. The summed E-state index contributed by atoms with van der Waals surface area (Å²) in [5, 5.41) is 1.13. The second-order valence-corrected chi connectivity index (χ2v) is 5.34. The third-order valence-corrected chi connectivity index (χ3v) is 3.73. The zero-order valence-electron chi connectivity index (χ0n) is 13.1. The van der Waals surface area contributed by atoms with Crippen molar-refractivity contribution in [3.63, 3.8) is 0 Å².